The van der Waals surface area contributed by atoms with Gasteiger partial charge in [-0.15, -0.1) is 0 Å². The van der Waals surface area contributed by atoms with Gasteiger partial charge >= 0.3 is 0 Å². The predicted octanol–water partition coefficient (Wildman–Crippen LogP) is 3.18. The number of aryl methyl sites for hydroxylation is 2. The van der Waals surface area contributed by atoms with Gasteiger partial charge in [0.1, 0.15) is 5.75 Å². The highest BCUT2D eigenvalue weighted by Crippen LogP contribution is 2.23. The van der Waals surface area contributed by atoms with Crippen LogP contribution in [0.25, 0.3) is 0 Å². The average Bonchev–Trinajstić information content (AvgIpc) is 2.51. The first-order chi connectivity index (χ1) is 11.0. The molecule has 0 aliphatic rings. The highest BCUT2D eigenvalue weighted by molar-refractivity contribution is 14.1. The number of phenolic OH excluding ortho intramolecular Hbond substituents is 1. The maximum atomic E-state index is 11.7. The number of hydrogen-bond acceptors (Lipinski definition) is 4. The second-order valence-corrected chi connectivity index (χ2v) is 6.42. The maximum Gasteiger partial charge on any atom is 0.259 e. The Bertz CT molecular complexity index is 727. The van der Waals surface area contributed by atoms with Crippen molar-refractivity contribution >= 4 is 40.4 Å². The molecule has 0 aliphatic carbocycles. The van der Waals surface area contributed by atoms with Gasteiger partial charge in [-0.3, -0.25) is 4.79 Å². The van der Waals surface area contributed by atoms with Gasteiger partial charge in [-0.2, -0.15) is 5.10 Å². The van der Waals surface area contributed by atoms with E-state index in [1.54, 1.807) is 6.07 Å². The molecule has 0 radical (unpaired) electrons. The number of carbonyl (C=O) groups excluding carboxylic acids is 1. The fourth-order valence-electron chi connectivity index (χ4n) is 1.93. The van der Waals surface area contributed by atoms with E-state index in [1.807, 2.05) is 44.2 Å². The van der Waals surface area contributed by atoms with E-state index in [1.165, 1.54) is 6.21 Å². The molecule has 0 spiro atoms. The SMILES string of the molecule is Cc1ccc(NCC(=O)N/N=C/c2cc(I)cc(C)c2O)cc1. The molecule has 23 heavy (non-hydrogen) atoms. The molecule has 0 saturated heterocycles. The normalized spacial score (nSPS) is 10.7. The zero-order valence-corrected chi connectivity index (χ0v) is 15.1. The molecule has 2 aromatic rings. The first-order valence-corrected chi connectivity index (χ1v) is 8.15. The Morgan fingerprint density at radius 1 is 1.26 bits per heavy atom. The Balaban J connectivity index is 1.88. The number of halogens is 1. The third kappa shape index (κ3) is 5.24. The van der Waals surface area contributed by atoms with E-state index in [-0.39, 0.29) is 18.2 Å². The average molecular weight is 423 g/mol. The third-order valence-corrected chi connectivity index (χ3v) is 3.82. The molecular formula is C17H18IN3O2. The van der Waals surface area contributed by atoms with Crippen molar-refractivity contribution in [2.24, 2.45) is 5.10 Å². The van der Waals surface area contributed by atoms with Crippen molar-refractivity contribution in [3.8, 4) is 5.75 Å². The van der Waals surface area contributed by atoms with E-state index in [0.717, 1.165) is 20.4 Å². The number of benzene rings is 2. The van der Waals surface area contributed by atoms with Crippen molar-refractivity contribution in [1.82, 2.24) is 5.43 Å². The molecule has 0 unspecified atom stereocenters. The summed E-state index contributed by atoms with van der Waals surface area (Å²) in [4.78, 5) is 11.7. The summed E-state index contributed by atoms with van der Waals surface area (Å²) in [5.41, 5.74) is 5.81. The van der Waals surface area contributed by atoms with Crippen LogP contribution in [-0.4, -0.2) is 23.8 Å². The van der Waals surface area contributed by atoms with Gasteiger partial charge in [0.2, 0.25) is 0 Å². The number of hydrazone groups is 1. The minimum atomic E-state index is -0.260. The zero-order chi connectivity index (χ0) is 16.8. The second kappa shape index (κ2) is 7.96. The molecule has 0 atom stereocenters. The van der Waals surface area contributed by atoms with Gasteiger partial charge < -0.3 is 10.4 Å². The maximum absolute atomic E-state index is 11.7. The number of aromatic hydroxyl groups is 1. The van der Waals surface area contributed by atoms with E-state index < -0.39 is 0 Å². The second-order valence-electron chi connectivity index (χ2n) is 5.17. The van der Waals surface area contributed by atoms with Crippen molar-refractivity contribution in [2.75, 3.05) is 11.9 Å². The summed E-state index contributed by atoms with van der Waals surface area (Å²) in [7, 11) is 0. The van der Waals surface area contributed by atoms with Crippen LogP contribution in [0, 0.1) is 17.4 Å². The highest BCUT2D eigenvalue weighted by Gasteiger charge is 2.04. The molecule has 0 aliphatic heterocycles. The van der Waals surface area contributed by atoms with Crippen LogP contribution in [-0.2, 0) is 4.79 Å². The van der Waals surface area contributed by atoms with Crippen LogP contribution in [0.15, 0.2) is 41.5 Å². The summed E-state index contributed by atoms with van der Waals surface area (Å²) >= 11 is 2.16. The van der Waals surface area contributed by atoms with Crippen molar-refractivity contribution in [1.29, 1.82) is 0 Å². The van der Waals surface area contributed by atoms with Crippen molar-refractivity contribution in [3.63, 3.8) is 0 Å². The Labute approximate surface area is 148 Å². The number of hydrogen-bond donors (Lipinski definition) is 3. The van der Waals surface area contributed by atoms with Gasteiger partial charge in [-0.1, -0.05) is 17.7 Å². The van der Waals surface area contributed by atoms with Gasteiger partial charge in [0.25, 0.3) is 5.91 Å². The lowest BCUT2D eigenvalue weighted by atomic mass is 10.1. The molecule has 0 bridgehead atoms. The molecule has 5 nitrogen and oxygen atoms in total. The summed E-state index contributed by atoms with van der Waals surface area (Å²) < 4.78 is 0.992. The Morgan fingerprint density at radius 3 is 2.65 bits per heavy atom. The number of nitrogens with zero attached hydrogens (tertiary/aromatic N) is 1. The number of amides is 1. The molecule has 6 heteroatoms. The number of carbonyl (C=O) groups is 1. The fourth-order valence-corrected chi connectivity index (χ4v) is 2.73. The smallest absolute Gasteiger partial charge is 0.259 e. The van der Waals surface area contributed by atoms with E-state index in [4.69, 9.17) is 0 Å². The molecule has 0 fully saturated rings. The topological polar surface area (TPSA) is 73.7 Å². The molecule has 2 rings (SSSR count). The lowest BCUT2D eigenvalue weighted by Gasteiger charge is -2.06. The van der Waals surface area contributed by atoms with Crippen LogP contribution in [0.5, 0.6) is 5.75 Å². The minimum Gasteiger partial charge on any atom is -0.507 e. The van der Waals surface area contributed by atoms with E-state index >= 15 is 0 Å². The summed E-state index contributed by atoms with van der Waals surface area (Å²) in [6, 6.07) is 11.4. The van der Waals surface area contributed by atoms with Gasteiger partial charge in [0.15, 0.2) is 0 Å². The Morgan fingerprint density at radius 2 is 1.96 bits per heavy atom. The molecule has 2 aromatic carbocycles. The van der Waals surface area contributed by atoms with Crippen LogP contribution < -0.4 is 10.7 Å². The largest absolute Gasteiger partial charge is 0.507 e. The zero-order valence-electron chi connectivity index (χ0n) is 12.9. The van der Waals surface area contributed by atoms with Gasteiger partial charge in [0, 0.05) is 14.8 Å². The fraction of sp³-hybridized carbons (Fsp3) is 0.176. The third-order valence-electron chi connectivity index (χ3n) is 3.19. The Kier molecular flexibility index (Phi) is 5.97. The van der Waals surface area contributed by atoms with Gasteiger partial charge in [-0.05, 0) is 66.3 Å². The lowest BCUT2D eigenvalue weighted by molar-refractivity contribution is -0.119. The lowest BCUT2D eigenvalue weighted by Crippen LogP contribution is -2.25. The molecular weight excluding hydrogens is 405 g/mol. The highest BCUT2D eigenvalue weighted by atomic mass is 127. The van der Waals surface area contributed by atoms with Crippen LogP contribution in [0.2, 0.25) is 0 Å². The summed E-state index contributed by atoms with van der Waals surface area (Å²) in [5, 5.41) is 16.8. The number of rotatable bonds is 5. The number of anilines is 1. The van der Waals surface area contributed by atoms with E-state index in [9.17, 15) is 9.90 Å². The standard InChI is InChI=1S/C17H18IN3O2/c1-11-3-5-15(6-4-11)19-10-16(22)21-20-9-13-8-14(18)7-12(2)17(13)23/h3-9,19,23H,10H2,1-2H3,(H,21,22)/b20-9+. The number of nitrogens with one attached hydrogen (secondary N) is 2. The van der Waals surface area contributed by atoms with Crippen molar-refractivity contribution in [3.05, 3.63) is 56.7 Å². The van der Waals surface area contributed by atoms with Crippen molar-refractivity contribution < 1.29 is 9.90 Å². The van der Waals surface area contributed by atoms with E-state index in [2.05, 4.69) is 38.4 Å². The van der Waals surface area contributed by atoms with Gasteiger partial charge in [-0.25, -0.2) is 5.43 Å². The molecule has 0 aromatic heterocycles. The summed E-state index contributed by atoms with van der Waals surface area (Å²) in [6.45, 7) is 3.95. The van der Waals surface area contributed by atoms with Crippen molar-refractivity contribution in [2.45, 2.75) is 13.8 Å². The molecule has 0 heterocycles. The van der Waals surface area contributed by atoms with Crippen LogP contribution in [0.1, 0.15) is 16.7 Å². The molecule has 1 amide bonds. The predicted molar refractivity (Wildman–Crippen MR) is 101 cm³/mol. The molecule has 120 valence electrons. The quantitative estimate of drug-likeness (QED) is 0.393. The minimum absolute atomic E-state index is 0.123. The monoisotopic (exact) mass is 423 g/mol. The first kappa shape index (κ1) is 17.3. The Hall–Kier alpha value is -2.09. The number of phenols is 1. The summed E-state index contributed by atoms with van der Waals surface area (Å²) in [6.07, 6.45) is 1.44. The molecule has 3 N–H and O–H groups in total. The van der Waals surface area contributed by atoms with Gasteiger partial charge in [0.05, 0.1) is 12.8 Å². The molecule has 0 saturated carbocycles. The van der Waals surface area contributed by atoms with Crippen LogP contribution >= 0.6 is 22.6 Å². The summed E-state index contributed by atoms with van der Waals surface area (Å²) in [5.74, 6) is -0.0927. The van der Waals surface area contributed by atoms with Crippen LogP contribution in [0.3, 0.4) is 0 Å². The van der Waals surface area contributed by atoms with E-state index in [0.29, 0.717) is 5.56 Å². The van der Waals surface area contributed by atoms with Crippen LogP contribution in [0.4, 0.5) is 5.69 Å². The first-order valence-electron chi connectivity index (χ1n) is 7.07.